The molecule has 3 nitrogen and oxygen atoms in total. The van der Waals surface area contributed by atoms with E-state index in [1.165, 1.54) is 0 Å². The Balaban J connectivity index is 1.79. The lowest BCUT2D eigenvalue weighted by atomic mass is 10.2. The van der Waals surface area contributed by atoms with E-state index in [2.05, 4.69) is 25.9 Å². The number of aromatic nitrogens is 2. The number of thioether (sulfide) groups is 1. The van der Waals surface area contributed by atoms with E-state index in [4.69, 9.17) is 17.3 Å². The predicted octanol–water partition coefficient (Wildman–Crippen LogP) is 4.85. The van der Waals surface area contributed by atoms with Crippen LogP contribution in [0.5, 0.6) is 0 Å². The lowest BCUT2D eigenvalue weighted by Gasteiger charge is -2.02. The summed E-state index contributed by atoms with van der Waals surface area (Å²) in [6, 6.07) is 11.6. The molecule has 6 heteroatoms. The Labute approximate surface area is 134 Å². The lowest BCUT2D eigenvalue weighted by Crippen LogP contribution is -1.84. The summed E-state index contributed by atoms with van der Waals surface area (Å²) in [5.74, 6) is 0.765. The number of nitrogen functional groups attached to an aromatic ring is 1. The average Bonchev–Trinajstić information content (AvgIpc) is 2.79. The molecule has 0 saturated heterocycles. The number of halogens is 2. The van der Waals surface area contributed by atoms with Crippen molar-refractivity contribution < 1.29 is 0 Å². The van der Waals surface area contributed by atoms with Gasteiger partial charge in [-0.05, 0) is 35.9 Å². The number of rotatable bonds is 3. The molecule has 0 saturated carbocycles. The average molecular weight is 369 g/mol. The highest BCUT2D eigenvalue weighted by Gasteiger charge is 2.06. The van der Waals surface area contributed by atoms with Crippen LogP contribution in [0.2, 0.25) is 5.02 Å². The van der Waals surface area contributed by atoms with Gasteiger partial charge in [0.15, 0.2) is 5.16 Å². The first-order valence-electron chi connectivity index (χ1n) is 5.94. The smallest absolute Gasteiger partial charge is 0.166 e. The Kier molecular flexibility index (Phi) is 3.92. The third-order valence-electron chi connectivity index (χ3n) is 2.86. The molecule has 3 aromatic rings. The van der Waals surface area contributed by atoms with Crippen LogP contribution in [0.1, 0.15) is 5.56 Å². The van der Waals surface area contributed by atoms with Crippen molar-refractivity contribution in [3.8, 4) is 0 Å². The van der Waals surface area contributed by atoms with Crippen LogP contribution in [0.4, 0.5) is 5.69 Å². The summed E-state index contributed by atoms with van der Waals surface area (Å²) in [5, 5.41) is 1.62. The fourth-order valence-corrected chi connectivity index (χ4v) is 3.57. The second-order valence-corrected chi connectivity index (χ2v) is 6.63. The zero-order valence-electron chi connectivity index (χ0n) is 10.4. The summed E-state index contributed by atoms with van der Waals surface area (Å²) in [6.07, 6.45) is 0. The van der Waals surface area contributed by atoms with E-state index in [9.17, 15) is 0 Å². The molecule has 0 aliphatic carbocycles. The van der Waals surface area contributed by atoms with Gasteiger partial charge in [-0.2, -0.15) is 0 Å². The van der Waals surface area contributed by atoms with Crippen molar-refractivity contribution in [2.75, 3.05) is 5.73 Å². The van der Waals surface area contributed by atoms with Crippen LogP contribution in [0.3, 0.4) is 0 Å². The standard InChI is InChI=1S/C14H11BrClN3S/c15-9-2-1-8(11(16)5-9)7-20-14-18-12-4-3-10(17)6-13(12)19-14/h1-6H,7,17H2,(H,18,19). The van der Waals surface area contributed by atoms with Crippen LogP contribution in [0.25, 0.3) is 11.0 Å². The topological polar surface area (TPSA) is 54.7 Å². The van der Waals surface area contributed by atoms with Gasteiger partial charge in [0, 0.05) is 20.9 Å². The second kappa shape index (κ2) is 5.68. The molecular weight excluding hydrogens is 358 g/mol. The van der Waals surface area contributed by atoms with E-state index in [0.717, 1.165) is 42.7 Å². The molecule has 0 unspecified atom stereocenters. The fourth-order valence-electron chi connectivity index (χ4n) is 1.86. The first-order valence-corrected chi connectivity index (χ1v) is 8.09. The van der Waals surface area contributed by atoms with Crippen LogP contribution >= 0.6 is 39.3 Å². The monoisotopic (exact) mass is 367 g/mol. The van der Waals surface area contributed by atoms with Gasteiger partial charge in [0.2, 0.25) is 0 Å². The van der Waals surface area contributed by atoms with Crippen molar-refractivity contribution in [2.45, 2.75) is 10.9 Å². The summed E-state index contributed by atoms with van der Waals surface area (Å²) >= 11 is 11.2. The first kappa shape index (κ1) is 13.8. The van der Waals surface area contributed by atoms with Gasteiger partial charge in [0.25, 0.3) is 0 Å². The highest BCUT2D eigenvalue weighted by atomic mass is 79.9. The molecule has 1 heterocycles. The predicted molar refractivity (Wildman–Crippen MR) is 89.2 cm³/mol. The summed E-state index contributed by atoms with van der Waals surface area (Å²) in [4.78, 5) is 7.77. The van der Waals surface area contributed by atoms with Crippen LogP contribution in [0, 0.1) is 0 Å². The third-order valence-corrected chi connectivity index (χ3v) is 4.63. The Morgan fingerprint density at radius 3 is 2.90 bits per heavy atom. The van der Waals surface area contributed by atoms with E-state index in [1.54, 1.807) is 11.8 Å². The van der Waals surface area contributed by atoms with Crippen molar-refractivity contribution in [1.29, 1.82) is 0 Å². The number of fused-ring (bicyclic) bond motifs is 1. The van der Waals surface area contributed by atoms with E-state index in [0.29, 0.717) is 0 Å². The number of nitrogens with two attached hydrogens (primary N) is 1. The molecule has 0 radical (unpaired) electrons. The van der Waals surface area contributed by atoms with Crippen LogP contribution < -0.4 is 5.73 Å². The Hall–Kier alpha value is -1.17. The van der Waals surface area contributed by atoms with Gasteiger partial charge in [-0.15, -0.1) is 0 Å². The molecule has 2 aromatic carbocycles. The van der Waals surface area contributed by atoms with E-state index in [1.807, 2.05) is 36.4 Å². The highest BCUT2D eigenvalue weighted by molar-refractivity contribution is 9.10. The van der Waals surface area contributed by atoms with Gasteiger partial charge < -0.3 is 10.7 Å². The molecule has 0 spiro atoms. The van der Waals surface area contributed by atoms with Crippen molar-refractivity contribution in [2.24, 2.45) is 0 Å². The van der Waals surface area contributed by atoms with Crippen molar-refractivity contribution in [3.05, 3.63) is 51.5 Å². The third kappa shape index (κ3) is 2.95. The molecule has 0 aliphatic heterocycles. The molecule has 20 heavy (non-hydrogen) atoms. The molecule has 0 fully saturated rings. The summed E-state index contributed by atoms with van der Waals surface area (Å²) in [6.45, 7) is 0. The van der Waals surface area contributed by atoms with Crippen molar-refractivity contribution in [1.82, 2.24) is 9.97 Å². The van der Waals surface area contributed by atoms with Crippen molar-refractivity contribution >= 4 is 56.0 Å². The molecule has 0 atom stereocenters. The molecule has 0 aliphatic rings. The molecule has 102 valence electrons. The maximum Gasteiger partial charge on any atom is 0.166 e. The molecule has 1 aromatic heterocycles. The minimum absolute atomic E-state index is 0.730. The minimum atomic E-state index is 0.730. The number of aromatic amines is 1. The van der Waals surface area contributed by atoms with Crippen LogP contribution in [-0.2, 0) is 5.75 Å². The Bertz CT molecular complexity index is 772. The van der Waals surface area contributed by atoms with Gasteiger partial charge in [-0.1, -0.05) is 45.4 Å². The Morgan fingerprint density at radius 1 is 1.25 bits per heavy atom. The highest BCUT2D eigenvalue weighted by Crippen LogP contribution is 2.28. The molecule has 3 N–H and O–H groups in total. The Morgan fingerprint density at radius 2 is 2.10 bits per heavy atom. The number of nitrogens with zero attached hydrogens (tertiary/aromatic N) is 1. The van der Waals surface area contributed by atoms with Gasteiger partial charge in [-0.25, -0.2) is 4.98 Å². The first-order chi connectivity index (χ1) is 9.61. The van der Waals surface area contributed by atoms with Gasteiger partial charge >= 0.3 is 0 Å². The number of H-pyrrole nitrogens is 1. The maximum atomic E-state index is 6.20. The number of benzene rings is 2. The summed E-state index contributed by atoms with van der Waals surface area (Å²) in [5.41, 5.74) is 9.44. The van der Waals surface area contributed by atoms with E-state index in [-0.39, 0.29) is 0 Å². The van der Waals surface area contributed by atoms with Gasteiger partial charge in [-0.3, -0.25) is 0 Å². The van der Waals surface area contributed by atoms with E-state index < -0.39 is 0 Å². The number of nitrogens with one attached hydrogen (secondary N) is 1. The zero-order valence-corrected chi connectivity index (χ0v) is 13.5. The van der Waals surface area contributed by atoms with Gasteiger partial charge in [0.1, 0.15) is 0 Å². The maximum absolute atomic E-state index is 6.20. The van der Waals surface area contributed by atoms with E-state index >= 15 is 0 Å². The van der Waals surface area contributed by atoms with Crippen molar-refractivity contribution in [3.63, 3.8) is 0 Å². The number of anilines is 1. The summed E-state index contributed by atoms with van der Waals surface area (Å²) < 4.78 is 0.982. The number of hydrogen-bond donors (Lipinski definition) is 2. The molecule has 0 bridgehead atoms. The second-order valence-electron chi connectivity index (χ2n) is 4.34. The number of hydrogen-bond acceptors (Lipinski definition) is 3. The number of imidazole rings is 1. The quantitative estimate of drug-likeness (QED) is 0.513. The molecule has 0 amide bonds. The summed E-state index contributed by atoms with van der Waals surface area (Å²) in [7, 11) is 0. The SMILES string of the molecule is Nc1ccc2nc(SCc3ccc(Br)cc3Cl)[nH]c2c1. The van der Waals surface area contributed by atoms with Crippen LogP contribution in [0.15, 0.2) is 46.0 Å². The molecule has 3 rings (SSSR count). The molecular formula is C14H11BrClN3S. The fraction of sp³-hybridized carbons (Fsp3) is 0.0714. The van der Waals surface area contributed by atoms with Gasteiger partial charge in [0.05, 0.1) is 11.0 Å². The largest absolute Gasteiger partial charge is 0.399 e. The lowest BCUT2D eigenvalue weighted by molar-refractivity contribution is 1.08. The van der Waals surface area contributed by atoms with Crippen LogP contribution in [-0.4, -0.2) is 9.97 Å². The zero-order chi connectivity index (χ0) is 14.1. The normalized spacial score (nSPS) is 11.1. The minimum Gasteiger partial charge on any atom is -0.399 e.